The molecule has 1 N–H and O–H groups in total. The topological polar surface area (TPSA) is 72.5 Å². The molecule has 2 rings (SSSR count). The molecule has 0 aliphatic heterocycles. The molecule has 5 nitrogen and oxygen atoms in total. The molecule has 8 heteroatoms. The Balaban J connectivity index is 2.08. The van der Waals surface area contributed by atoms with Crippen LogP contribution in [0.15, 0.2) is 53.4 Å². The molecule has 0 aliphatic rings. The van der Waals surface area contributed by atoms with Crippen LogP contribution in [0.25, 0.3) is 0 Å². The van der Waals surface area contributed by atoms with Gasteiger partial charge in [-0.05, 0) is 30.3 Å². The molecule has 0 saturated carbocycles. The number of amides is 1. The molecule has 0 saturated heterocycles. The average molecular weight is 355 g/mol. The molecular weight excluding hydrogens is 340 g/mol. The van der Waals surface area contributed by atoms with Crippen LogP contribution in [0.5, 0.6) is 5.75 Å². The van der Waals surface area contributed by atoms with Gasteiger partial charge in [-0.1, -0.05) is 18.2 Å². The van der Waals surface area contributed by atoms with Crippen molar-refractivity contribution in [3.05, 3.63) is 59.7 Å². The summed E-state index contributed by atoms with van der Waals surface area (Å²) in [5, 5.41) is 2.65. The van der Waals surface area contributed by atoms with Gasteiger partial charge < -0.3 is 10.1 Å². The van der Waals surface area contributed by atoms with Crippen LogP contribution < -0.4 is 10.1 Å². The first kappa shape index (κ1) is 17.9. The van der Waals surface area contributed by atoms with E-state index in [1.807, 2.05) is 0 Å². The largest absolute Gasteiger partial charge is 0.496 e. The Kier molecular flexibility index (Phi) is 5.50. The van der Waals surface area contributed by atoms with E-state index in [9.17, 15) is 22.0 Å². The minimum absolute atomic E-state index is 0.165. The van der Waals surface area contributed by atoms with Crippen LogP contribution >= 0.6 is 0 Å². The van der Waals surface area contributed by atoms with Crippen molar-refractivity contribution < 1.29 is 26.7 Å². The highest BCUT2D eigenvalue weighted by molar-refractivity contribution is 7.91. The summed E-state index contributed by atoms with van der Waals surface area (Å²) in [5.74, 6) is -3.33. The zero-order valence-corrected chi connectivity index (χ0v) is 13.5. The van der Waals surface area contributed by atoms with Crippen LogP contribution in [-0.2, 0) is 16.4 Å². The highest BCUT2D eigenvalue weighted by Gasteiger charge is 2.26. The summed E-state index contributed by atoms with van der Waals surface area (Å²) in [6.07, 6.45) is 0. The molecule has 2 aromatic rings. The molecule has 0 aliphatic carbocycles. The fraction of sp³-hybridized carbons (Fsp3) is 0.188. The van der Waals surface area contributed by atoms with Gasteiger partial charge in [-0.25, -0.2) is 8.42 Å². The van der Waals surface area contributed by atoms with Crippen LogP contribution in [-0.4, -0.2) is 27.2 Å². The quantitative estimate of drug-likeness (QED) is 0.865. The van der Waals surface area contributed by atoms with E-state index in [2.05, 4.69) is 5.32 Å². The van der Waals surface area contributed by atoms with Crippen molar-refractivity contribution in [2.45, 2.75) is 17.2 Å². The number of hydrogen-bond acceptors (Lipinski definition) is 4. The Bertz CT molecular complexity index is 820. The van der Waals surface area contributed by atoms with Gasteiger partial charge in [0, 0.05) is 17.7 Å². The third-order valence-electron chi connectivity index (χ3n) is 3.31. The smallest absolute Gasteiger partial charge is 0.341 e. The first-order chi connectivity index (χ1) is 11.4. The molecule has 128 valence electrons. The van der Waals surface area contributed by atoms with Crippen molar-refractivity contribution in [1.82, 2.24) is 5.32 Å². The second kappa shape index (κ2) is 7.39. The lowest BCUT2D eigenvalue weighted by molar-refractivity contribution is 0.0950. The number of methoxy groups -OCH3 is 1. The Morgan fingerprint density at radius 3 is 2.33 bits per heavy atom. The van der Waals surface area contributed by atoms with Gasteiger partial charge in [0.15, 0.2) is 0 Å². The molecular formula is C16H15F2NO4S. The van der Waals surface area contributed by atoms with Gasteiger partial charge in [-0.2, -0.15) is 8.78 Å². The average Bonchev–Trinajstić information content (AvgIpc) is 2.59. The summed E-state index contributed by atoms with van der Waals surface area (Å²) < 4.78 is 52.7. The van der Waals surface area contributed by atoms with Crippen LogP contribution in [0.2, 0.25) is 0 Å². The van der Waals surface area contributed by atoms with Gasteiger partial charge in [0.25, 0.3) is 5.91 Å². The van der Waals surface area contributed by atoms with Crippen molar-refractivity contribution in [3.8, 4) is 5.75 Å². The van der Waals surface area contributed by atoms with Crippen molar-refractivity contribution in [1.29, 1.82) is 0 Å². The number of alkyl halides is 2. The maximum absolute atomic E-state index is 12.5. The Labute approximate surface area is 138 Å². The van der Waals surface area contributed by atoms with Crippen LogP contribution in [0.3, 0.4) is 0 Å². The van der Waals surface area contributed by atoms with Gasteiger partial charge in [-0.3, -0.25) is 4.79 Å². The molecule has 1 amide bonds. The minimum Gasteiger partial charge on any atom is -0.496 e. The number of rotatable bonds is 6. The summed E-state index contributed by atoms with van der Waals surface area (Å²) in [6, 6.07) is 11.5. The van der Waals surface area contributed by atoms with Gasteiger partial charge >= 0.3 is 5.76 Å². The molecule has 2 aromatic carbocycles. The molecule has 0 fully saturated rings. The van der Waals surface area contributed by atoms with Gasteiger partial charge in [-0.15, -0.1) is 0 Å². The second-order valence-corrected chi connectivity index (χ2v) is 6.74. The summed E-state index contributed by atoms with van der Waals surface area (Å²) in [7, 11) is -3.15. The van der Waals surface area contributed by atoms with Crippen molar-refractivity contribution in [2.75, 3.05) is 7.11 Å². The fourth-order valence-corrected chi connectivity index (χ4v) is 2.75. The van der Waals surface area contributed by atoms with E-state index in [4.69, 9.17) is 4.74 Å². The Hall–Kier alpha value is -2.48. The number of benzene rings is 2. The SMILES string of the molecule is COc1ccccc1CNC(=O)c1ccc(S(=O)(=O)C(F)F)cc1. The molecule has 0 unspecified atom stereocenters. The van der Waals surface area contributed by atoms with Crippen molar-refractivity contribution >= 4 is 15.7 Å². The number of ether oxygens (including phenoxy) is 1. The number of nitrogens with one attached hydrogen (secondary N) is 1. The van der Waals surface area contributed by atoms with E-state index < -0.39 is 26.4 Å². The number of halogens is 2. The van der Waals surface area contributed by atoms with E-state index in [0.29, 0.717) is 5.75 Å². The molecule has 0 spiro atoms. The minimum atomic E-state index is -4.67. The molecule has 0 heterocycles. The lowest BCUT2D eigenvalue weighted by Crippen LogP contribution is -2.23. The second-order valence-electron chi connectivity index (χ2n) is 4.82. The molecule has 24 heavy (non-hydrogen) atoms. The normalized spacial score (nSPS) is 11.3. The summed E-state index contributed by atoms with van der Waals surface area (Å²) in [5.41, 5.74) is 0.934. The number of carbonyl (C=O) groups is 1. The van der Waals surface area contributed by atoms with E-state index in [0.717, 1.165) is 17.7 Å². The Morgan fingerprint density at radius 2 is 1.75 bits per heavy atom. The lowest BCUT2D eigenvalue weighted by atomic mass is 10.2. The van der Waals surface area contributed by atoms with Crippen molar-refractivity contribution in [3.63, 3.8) is 0 Å². The summed E-state index contributed by atoms with van der Waals surface area (Å²) in [6.45, 7) is 0.208. The number of carbonyl (C=O) groups excluding carboxylic acids is 1. The number of para-hydroxylation sites is 1. The summed E-state index contributed by atoms with van der Waals surface area (Å²) in [4.78, 5) is 11.5. The number of sulfone groups is 1. The fourth-order valence-electron chi connectivity index (χ4n) is 2.03. The highest BCUT2D eigenvalue weighted by Crippen LogP contribution is 2.19. The predicted octanol–water partition coefficient (Wildman–Crippen LogP) is 2.62. The van der Waals surface area contributed by atoms with E-state index in [1.54, 1.807) is 24.3 Å². The van der Waals surface area contributed by atoms with E-state index >= 15 is 0 Å². The molecule has 0 atom stereocenters. The predicted molar refractivity (Wildman–Crippen MR) is 83.8 cm³/mol. The van der Waals surface area contributed by atoms with E-state index in [-0.39, 0.29) is 12.1 Å². The monoisotopic (exact) mass is 355 g/mol. The van der Waals surface area contributed by atoms with Crippen molar-refractivity contribution in [2.24, 2.45) is 0 Å². The summed E-state index contributed by atoms with van der Waals surface area (Å²) >= 11 is 0. The van der Waals surface area contributed by atoms with Crippen LogP contribution in [0.4, 0.5) is 8.78 Å². The lowest BCUT2D eigenvalue weighted by Gasteiger charge is -2.10. The van der Waals surface area contributed by atoms with Gasteiger partial charge in [0.2, 0.25) is 9.84 Å². The maximum Gasteiger partial charge on any atom is 0.341 e. The first-order valence-corrected chi connectivity index (χ1v) is 8.43. The molecule has 0 bridgehead atoms. The van der Waals surface area contributed by atoms with Crippen LogP contribution in [0, 0.1) is 0 Å². The van der Waals surface area contributed by atoms with Crippen LogP contribution in [0.1, 0.15) is 15.9 Å². The third-order valence-corrected chi connectivity index (χ3v) is 4.71. The zero-order valence-electron chi connectivity index (χ0n) is 12.7. The maximum atomic E-state index is 12.5. The highest BCUT2D eigenvalue weighted by atomic mass is 32.2. The number of hydrogen-bond donors (Lipinski definition) is 1. The zero-order chi connectivity index (χ0) is 17.7. The third kappa shape index (κ3) is 3.88. The molecule has 0 aromatic heterocycles. The van der Waals surface area contributed by atoms with Gasteiger partial charge in [0.05, 0.1) is 12.0 Å². The Morgan fingerprint density at radius 1 is 1.12 bits per heavy atom. The van der Waals surface area contributed by atoms with E-state index in [1.165, 1.54) is 19.2 Å². The molecule has 0 radical (unpaired) electrons. The standard InChI is InChI=1S/C16H15F2NO4S/c1-23-14-5-3-2-4-12(14)10-19-15(20)11-6-8-13(9-7-11)24(21,22)16(17)18/h2-9,16H,10H2,1H3,(H,19,20). The van der Waals surface area contributed by atoms with Gasteiger partial charge in [0.1, 0.15) is 5.75 Å². The first-order valence-electron chi connectivity index (χ1n) is 6.88.